The molecule has 0 aliphatic heterocycles. The van der Waals surface area contributed by atoms with E-state index in [4.69, 9.17) is 0 Å². The van der Waals surface area contributed by atoms with Gasteiger partial charge in [-0.15, -0.1) is 0 Å². The highest BCUT2D eigenvalue weighted by molar-refractivity contribution is 7.45. The largest absolute Gasteiger partial charge is 0.400 e. The van der Waals surface area contributed by atoms with Crippen molar-refractivity contribution in [3.05, 3.63) is 34.9 Å². The molecule has 1 unspecified atom stereocenters. The lowest BCUT2D eigenvalue weighted by Gasteiger charge is -1.96. The lowest BCUT2D eigenvalue weighted by atomic mass is 10.1. The van der Waals surface area contributed by atoms with Crippen LogP contribution in [0.2, 0.25) is 0 Å². The van der Waals surface area contributed by atoms with Gasteiger partial charge in [-0.25, -0.2) is 4.79 Å². The molecule has 1 aromatic carbocycles. The molecular weight excluding hydrogens is 195 g/mol. The number of carbonyl (C=O) groups excluding carboxylic acids is 1. The molecule has 0 aromatic heterocycles. The SMILES string of the molecule is CC(=O)[PH+]=O.Cc1cc(C)cc(C)c1. The Labute approximate surface area is 86.5 Å². The Morgan fingerprint density at radius 3 is 1.36 bits per heavy atom. The summed E-state index contributed by atoms with van der Waals surface area (Å²) in [6.45, 7) is 7.66. The summed E-state index contributed by atoms with van der Waals surface area (Å²) in [7, 11) is -0.775. The van der Waals surface area contributed by atoms with Crippen LogP contribution in [-0.2, 0) is 9.36 Å². The Hall–Kier alpha value is -1.01. The third kappa shape index (κ3) is 6.50. The Morgan fingerprint density at radius 1 is 1.00 bits per heavy atom. The first-order valence-corrected chi connectivity index (χ1v) is 5.30. The van der Waals surface area contributed by atoms with Gasteiger partial charge in [0, 0.05) is 6.92 Å². The second kappa shape index (κ2) is 6.44. The molecule has 0 N–H and O–H groups in total. The molecular formula is C11H16O2P+. The van der Waals surface area contributed by atoms with E-state index < -0.39 is 8.46 Å². The van der Waals surface area contributed by atoms with Crippen molar-refractivity contribution >= 4 is 14.0 Å². The molecule has 14 heavy (non-hydrogen) atoms. The average molecular weight is 211 g/mol. The van der Waals surface area contributed by atoms with E-state index in [0.717, 1.165) is 0 Å². The molecule has 0 spiro atoms. The lowest BCUT2D eigenvalue weighted by Crippen LogP contribution is -1.78. The molecule has 0 fully saturated rings. The van der Waals surface area contributed by atoms with Crippen LogP contribution >= 0.6 is 8.46 Å². The van der Waals surface area contributed by atoms with E-state index >= 15 is 0 Å². The van der Waals surface area contributed by atoms with Gasteiger partial charge >= 0.3 is 14.0 Å². The summed E-state index contributed by atoms with van der Waals surface area (Å²) in [6, 6.07) is 6.56. The van der Waals surface area contributed by atoms with Crippen LogP contribution in [0.5, 0.6) is 0 Å². The summed E-state index contributed by atoms with van der Waals surface area (Å²) in [5, 5.41) is 0. The fraction of sp³-hybridized carbons (Fsp3) is 0.364. The average Bonchev–Trinajstić information content (AvgIpc) is 2.02. The number of aryl methyl sites for hydroxylation is 3. The fourth-order valence-electron chi connectivity index (χ4n) is 1.20. The maximum atomic E-state index is 9.51. The number of rotatable bonds is 1. The van der Waals surface area contributed by atoms with Crippen LogP contribution in [0.3, 0.4) is 0 Å². The first kappa shape index (κ1) is 13.0. The number of hydrogen-bond acceptors (Lipinski definition) is 2. The van der Waals surface area contributed by atoms with Crippen molar-refractivity contribution in [2.75, 3.05) is 0 Å². The zero-order valence-electron chi connectivity index (χ0n) is 9.05. The summed E-state index contributed by atoms with van der Waals surface area (Å²) in [5.74, 6) is 0. The molecule has 1 atom stereocenters. The second-order valence-corrected chi connectivity index (χ2v) is 4.23. The molecule has 2 nitrogen and oxygen atoms in total. The van der Waals surface area contributed by atoms with Gasteiger partial charge in [0.2, 0.25) is 0 Å². The zero-order valence-corrected chi connectivity index (χ0v) is 10.0. The van der Waals surface area contributed by atoms with E-state index in [1.165, 1.54) is 23.6 Å². The molecule has 0 bridgehead atoms. The third-order valence-electron chi connectivity index (χ3n) is 1.51. The van der Waals surface area contributed by atoms with Gasteiger partial charge in [-0.3, -0.25) is 0 Å². The highest BCUT2D eigenvalue weighted by Crippen LogP contribution is 2.06. The highest BCUT2D eigenvalue weighted by Gasteiger charge is 1.92. The minimum Gasteiger partial charge on any atom is -0.241 e. The fourth-order valence-corrected chi connectivity index (χ4v) is 1.20. The molecule has 0 aliphatic carbocycles. The van der Waals surface area contributed by atoms with Gasteiger partial charge in [0.1, 0.15) is 0 Å². The Kier molecular flexibility index (Phi) is 5.98. The van der Waals surface area contributed by atoms with Gasteiger partial charge < -0.3 is 0 Å². The maximum Gasteiger partial charge on any atom is 0.400 e. The molecule has 1 aromatic rings. The van der Waals surface area contributed by atoms with Crippen molar-refractivity contribution in [2.45, 2.75) is 27.7 Å². The summed E-state index contributed by atoms with van der Waals surface area (Å²) in [4.78, 5) is 9.51. The van der Waals surface area contributed by atoms with Crippen molar-refractivity contribution in [3.8, 4) is 0 Å². The van der Waals surface area contributed by atoms with Crippen molar-refractivity contribution in [2.24, 2.45) is 0 Å². The minimum atomic E-state index is -0.775. The van der Waals surface area contributed by atoms with Crippen LogP contribution in [0.25, 0.3) is 0 Å². The van der Waals surface area contributed by atoms with Gasteiger partial charge in [-0.1, -0.05) is 39.5 Å². The summed E-state index contributed by atoms with van der Waals surface area (Å²) >= 11 is 0. The Balaban J connectivity index is 0.000000292. The van der Waals surface area contributed by atoms with E-state index in [2.05, 4.69) is 39.0 Å². The summed E-state index contributed by atoms with van der Waals surface area (Å²) < 4.78 is 9.31. The van der Waals surface area contributed by atoms with Gasteiger partial charge in [-0.05, 0) is 20.8 Å². The molecule has 1 rings (SSSR count). The Morgan fingerprint density at radius 2 is 1.21 bits per heavy atom. The second-order valence-electron chi connectivity index (χ2n) is 3.32. The molecule has 0 aliphatic rings. The molecule has 3 heteroatoms. The zero-order chi connectivity index (χ0) is 11.1. The van der Waals surface area contributed by atoms with Crippen molar-refractivity contribution in [1.29, 1.82) is 0 Å². The summed E-state index contributed by atoms with van der Waals surface area (Å²) in [6.07, 6.45) is 0. The first-order valence-electron chi connectivity index (χ1n) is 4.39. The van der Waals surface area contributed by atoms with Crippen LogP contribution in [0.1, 0.15) is 23.6 Å². The minimum absolute atomic E-state index is 0.273. The standard InChI is InChI=1S/C9H12.C2H3O2P/c1-7-4-8(2)6-9(3)5-7;1-2(3)5-4/h4-6H,1-3H3;1H3/p+1. The van der Waals surface area contributed by atoms with Crippen LogP contribution in [-0.4, -0.2) is 5.52 Å². The van der Waals surface area contributed by atoms with Crippen molar-refractivity contribution in [1.82, 2.24) is 0 Å². The quantitative estimate of drug-likeness (QED) is 0.668. The maximum absolute atomic E-state index is 9.51. The van der Waals surface area contributed by atoms with E-state index in [9.17, 15) is 9.36 Å². The normalized spacial score (nSPS) is 9.14. The predicted octanol–water partition coefficient (Wildman–Crippen LogP) is 3.17. The third-order valence-corrected chi connectivity index (χ3v) is 1.80. The van der Waals surface area contributed by atoms with Crippen LogP contribution in [0, 0.1) is 20.8 Å². The van der Waals surface area contributed by atoms with Crippen LogP contribution in [0.15, 0.2) is 18.2 Å². The van der Waals surface area contributed by atoms with E-state index in [1.807, 2.05) is 0 Å². The van der Waals surface area contributed by atoms with E-state index in [1.54, 1.807) is 0 Å². The van der Waals surface area contributed by atoms with Crippen molar-refractivity contribution < 1.29 is 9.36 Å². The van der Waals surface area contributed by atoms with Gasteiger partial charge in [-0.2, -0.15) is 0 Å². The number of carbonyl (C=O) groups is 1. The molecule has 0 amide bonds. The topological polar surface area (TPSA) is 34.1 Å². The Bertz CT molecular complexity index is 282. The molecule has 76 valence electrons. The first-order chi connectivity index (χ1) is 6.45. The summed E-state index contributed by atoms with van der Waals surface area (Å²) in [5.41, 5.74) is 3.79. The lowest BCUT2D eigenvalue weighted by molar-refractivity contribution is -0.109. The highest BCUT2D eigenvalue weighted by atomic mass is 31.1. The number of benzene rings is 1. The van der Waals surface area contributed by atoms with Crippen molar-refractivity contribution in [3.63, 3.8) is 0 Å². The molecule has 0 saturated heterocycles. The van der Waals surface area contributed by atoms with E-state index in [-0.39, 0.29) is 5.52 Å². The molecule has 0 heterocycles. The monoisotopic (exact) mass is 211 g/mol. The van der Waals surface area contributed by atoms with Gasteiger partial charge in [0.15, 0.2) is 0 Å². The predicted molar refractivity (Wildman–Crippen MR) is 60.3 cm³/mol. The number of hydrogen-bond donors (Lipinski definition) is 0. The molecule has 0 saturated carbocycles. The van der Waals surface area contributed by atoms with Gasteiger partial charge in [0.05, 0.1) is 0 Å². The van der Waals surface area contributed by atoms with Gasteiger partial charge in [0.25, 0.3) is 0 Å². The molecule has 0 radical (unpaired) electrons. The van der Waals surface area contributed by atoms with Crippen LogP contribution < -0.4 is 0 Å². The van der Waals surface area contributed by atoms with Crippen LogP contribution in [0.4, 0.5) is 0 Å². The van der Waals surface area contributed by atoms with E-state index in [0.29, 0.717) is 0 Å². The smallest absolute Gasteiger partial charge is 0.241 e.